The molecule has 1 heterocycles. The summed E-state index contributed by atoms with van der Waals surface area (Å²) >= 11 is 0. The smallest absolute Gasteiger partial charge is 0.0599 e. The van der Waals surface area contributed by atoms with Crippen LogP contribution in [-0.2, 0) is 0 Å². The van der Waals surface area contributed by atoms with E-state index in [1.54, 1.807) is 0 Å². The third-order valence-electron chi connectivity index (χ3n) is 4.24. The molecule has 2 unspecified atom stereocenters. The first-order chi connectivity index (χ1) is 6.79. The number of rotatable bonds is 2. The van der Waals surface area contributed by atoms with Gasteiger partial charge in [-0.15, -0.1) is 0 Å². The van der Waals surface area contributed by atoms with Gasteiger partial charge in [-0.3, -0.25) is 9.80 Å². The number of fused-ring (bicyclic) bond motifs is 1. The Morgan fingerprint density at radius 1 is 0.929 bits per heavy atom. The number of hydrogen-bond acceptors (Lipinski definition) is 2. The summed E-state index contributed by atoms with van der Waals surface area (Å²) in [4.78, 5) is 5.40. The lowest BCUT2D eigenvalue weighted by molar-refractivity contribution is 0.140. The zero-order valence-corrected chi connectivity index (χ0v) is 9.87. The summed E-state index contributed by atoms with van der Waals surface area (Å²) < 4.78 is 0. The molecule has 0 N–H and O–H groups in total. The van der Waals surface area contributed by atoms with Crippen LogP contribution >= 0.6 is 0 Å². The Kier molecular flexibility index (Phi) is 3.13. The van der Waals surface area contributed by atoms with Gasteiger partial charge in [-0.25, -0.2) is 0 Å². The van der Waals surface area contributed by atoms with E-state index in [0.29, 0.717) is 6.17 Å². The second-order valence-corrected chi connectivity index (χ2v) is 4.71. The molecule has 0 amide bonds. The highest BCUT2D eigenvalue weighted by Gasteiger charge is 2.43. The molecule has 0 aromatic heterocycles. The van der Waals surface area contributed by atoms with E-state index in [0.717, 1.165) is 12.1 Å². The van der Waals surface area contributed by atoms with Crippen LogP contribution in [0.2, 0.25) is 0 Å². The van der Waals surface area contributed by atoms with Crippen molar-refractivity contribution in [1.82, 2.24) is 9.80 Å². The summed E-state index contributed by atoms with van der Waals surface area (Å²) in [6, 6.07) is 1.73. The van der Waals surface area contributed by atoms with Crippen LogP contribution in [0.3, 0.4) is 0 Å². The lowest BCUT2D eigenvalue weighted by Crippen LogP contribution is -2.39. The van der Waals surface area contributed by atoms with Crippen LogP contribution in [0, 0.1) is 0 Å². The zero-order chi connectivity index (χ0) is 10.1. The van der Waals surface area contributed by atoms with Gasteiger partial charge in [-0.2, -0.15) is 0 Å². The van der Waals surface area contributed by atoms with Crippen molar-refractivity contribution < 1.29 is 0 Å². The minimum absolute atomic E-state index is 0.679. The van der Waals surface area contributed by atoms with Gasteiger partial charge in [0.2, 0.25) is 0 Å². The van der Waals surface area contributed by atoms with Crippen molar-refractivity contribution in [3.05, 3.63) is 0 Å². The van der Waals surface area contributed by atoms with E-state index < -0.39 is 0 Å². The topological polar surface area (TPSA) is 6.48 Å². The SMILES string of the molecule is CCN1C2CCCCC2N(CC)C1C. The van der Waals surface area contributed by atoms with Crippen LogP contribution in [-0.4, -0.2) is 41.1 Å². The average molecular weight is 196 g/mol. The van der Waals surface area contributed by atoms with Gasteiger partial charge < -0.3 is 0 Å². The van der Waals surface area contributed by atoms with Crippen molar-refractivity contribution in [2.75, 3.05) is 13.1 Å². The van der Waals surface area contributed by atoms with Crippen molar-refractivity contribution in [3.8, 4) is 0 Å². The van der Waals surface area contributed by atoms with Gasteiger partial charge in [0.15, 0.2) is 0 Å². The van der Waals surface area contributed by atoms with E-state index in [1.165, 1.54) is 38.8 Å². The van der Waals surface area contributed by atoms with Gasteiger partial charge in [0.05, 0.1) is 6.17 Å². The van der Waals surface area contributed by atoms with E-state index in [9.17, 15) is 0 Å². The Hall–Kier alpha value is -0.0800. The molecule has 1 aliphatic heterocycles. The first kappa shape index (κ1) is 10.4. The Balaban J connectivity index is 2.15. The third kappa shape index (κ3) is 1.49. The molecule has 0 aromatic carbocycles. The Labute approximate surface area is 88.3 Å². The number of hydrogen-bond donors (Lipinski definition) is 0. The van der Waals surface area contributed by atoms with Gasteiger partial charge in [0.25, 0.3) is 0 Å². The molecule has 0 spiro atoms. The summed E-state index contributed by atoms with van der Waals surface area (Å²) in [6.07, 6.45) is 6.43. The summed E-state index contributed by atoms with van der Waals surface area (Å²) in [6.45, 7) is 9.44. The predicted octanol–water partition coefficient (Wildman–Crippen LogP) is 2.30. The summed E-state index contributed by atoms with van der Waals surface area (Å²) in [5, 5.41) is 0. The lowest BCUT2D eigenvalue weighted by Gasteiger charge is -2.31. The fraction of sp³-hybridized carbons (Fsp3) is 1.00. The van der Waals surface area contributed by atoms with Crippen molar-refractivity contribution >= 4 is 0 Å². The largest absolute Gasteiger partial charge is 0.284 e. The van der Waals surface area contributed by atoms with Crippen LogP contribution in [0.25, 0.3) is 0 Å². The molecule has 14 heavy (non-hydrogen) atoms. The second-order valence-electron chi connectivity index (χ2n) is 4.71. The number of nitrogens with zero attached hydrogens (tertiary/aromatic N) is 2. The van der Waals surface area contributed by atoms with Crippen molar-refractivity contribution in [1.29, 1.82) is 0 Å². The van der Waals surface area contributed by atoms with Gasteiger partial charge in [0, 0.05) is 12.1 Å². The Morgan fingerprint density at radius 2 is 1.36 bits per heavy atom. The molecule has 2 rings (SSSR count). The van der Waals surface area contributed by atoms with Gasteiger partial charge in [-0.05, 0) is 32.9 Å². The van der Waals surface area contributed by atoms with Crippen LogP contribution in [0.1, 0.15) is 46.5 Å². The standard InChI is InChI=1S/C12H24N2/c1-4-13-10(3)14(5-2)12-9-7-6-8-11(12)13/h10-12H,4-9H2,1-3H3. The molecule has 1 saturated carbocycles. The summed E-state index contributed by atoms with van der Waals surface area (Å²) in [5.41, 5.74) is 0. The third-order valence-corrected chi connectivity index (χ3v) is 4.24. The maximum absolute atomic E-state index is 2.70. The predicted molar refractivity (Wildman–Crippen MR) is 60.3 cm³/mol. The van der Waals surface area contributed by atoms with Gasteiger partial charge in [-0.1, -0.05) is 26.7 Å². The summed E-state index contributed by atoms with van der Waals surface area (Å²) in [7, 11) is 0. The van der Waals surface area contributed by atoms with E-state index >= 15 is 0 Å². The Morgan fingerprint density at radius 3 is 1.71 bits per heavy atom. The fourth-order valence-electron chi connectivity index (χ4n) is 3.61. The molecular formula is C12H24N2. The normalized spacial score (nSPS) is 40.1. The Bertz CT molecular complexity index is 173. The van der Waals surface area contributed by atoms with Crippen molar-refractivity contribution in [2.24, 2.45) is 0 Å². The highest BCUT2D eigenvalue weighted by molar-refractivity contribution is 4.97. The average Bonchev–Trinajstić information content (AvgIpc) is 2.49. The van der Waals surface area contributed by atoms with Gasteiger partial charge >= 0.3 is 0 Å². The maximum Gasteiger partial charge on any atom is 0.0599 e. The molecule has 1 saturated heterocycles. The van der Waals surface area contributed by atoms with Gasteiger partial charge in [0.1, 0.15) is 0 Å². The highest BCUT2D eigenvalue weighted by atomic mass is 15.4. The van der Waals surface area contributed by atoms with Crippen LogP contribution in [0.5, 0.6) is 0 Å². The molecular weight excluding hydrogens is 172 g/mol. The van der Waals surface area contributed by atoms with Crippen LogP contribution in [0.4, 0.5) is 0 Å². The first-order valence-electron chi connectivity index (χ1n) is 6.31. The molecule has 2 heteroatoms. The van der Waals surface area contributed by atoms with E-state index in [4.69, 9.17) is 0 Å². The van der Waals surface area contributed by atoms with E-state index in [2.05, 4.69) is 30.6 Å². The van der Waals surface area contributed by atoms with Crippen LogP contribution < -0.4 is 0 Å². The quantitative estimate of drug-likeness (QED) is 0.668. The molecule has 2 nitrogen and oxygen atoms in total. The first-order valence-corrected chi connectivity index (χ1v) is 6.31. The highest BCUT2D eigenvalue weighted by Crippen LogP contribution is 2.35. The van der Waals surface area contributed by atoms with E-state index in [1.807, 2.05) is 0 Å². The molecule has 0 bridgehead atoms. The molecule has 2 aliphatic rings. The molecule has 1 aliphatic carbocycles. The number of likely N-dealkylation sites (N-methyl/N-ethyl adjacent to an activating group) is 2. The molecule has 82 valence electrons. The molecule has 0 aromatic rings. The lowest BCUT2D eigenvalue weighted by atomic mass is 9.90. The minimum Gasteiger partial charge on any atom is -0.284 e. The molecule has 2 fully saturated rings. The zero-order valence-electron chi connectivity index (χ0n) is 9.87. The van der Waals surface area contributed by atoms with E-state index in [-0.39, 0.29) is 0 Å². The van der Waals surface area contributed by atoms with Crippen LogP contribution in [0.15, 0.2) is 0 Å². The molecule has 2 atom stereocenters. The molecule has 0 radical (unpaired) electrons. The minimum atomic E-state index is 0.679. The summed E-state index contributed by atoms with van der Waals surface area (Å²) in [5.74, 6) is 0. The maximum atomic E-state index is 2.70. The van der Waals surface area contributed by atoms with Crippen molar-refractivity contribution in [3.63, 3.8) is 0 Å². The second kappa shape index (κ2) is 4.19. The van der Waals surface area contributed by atoms with Crippen molar-refractivity contribution in [2.45, 2.75) is 64.7 Å². The fourth-order valence-corrected chi connectivity index (χ4v) is 3.61. The monoisotopic (exact) mass is 196 g/mol.